The van der Waals surface area contributed by atoms with Crippen LogP contribution in [0.4, 0.5) is 0 Å². The molecule has 0 saturated heterocycles. The summed E-state index contributed by atoms with van der Waals surface area (Å²) >= 11 is 5.88. The number of aromatic nitrogens is 2. The van der Waals surface area contributed by atoms with Crippen molar-refractivity contribution < 1.29 is 5.11 Å². The second-order valence-corrected chi connectivity index (χ2v) is 4.26. The van der Waals surface area contributed by atoms with Crippen molar-refractivity contribution in [2.75, 3.05) is 13.2 Å². The van der Waals surface area contributed by atoms with E-state index in [4.69, 9.17) is 16.7 Å². The lowest BCUT2D eigenvalue weighted by Crippen LogP contribution is -2.17. The van der Waals surface area contributed by atoms with Gasteiger partial charge in [0.15, 0.2) is 0 Å². The predicted octanol–water partition coefficient (Wildman–Crippen LogP) is 1.72. The third kappa shape index (κ3) is 4.51. The van der Waals surface area contributed by atoms with Crippen LogP contribution in [-0.2, 0) is 13.6 Å². The molecule has 1 rings (SSSR count). The number of rotatable bonds is 8. The maximum atomic E-state index is 8.61. The molecule has 0 amide bonds. The fourth-order valence-electron chi connectivity index (χ4n) is 1.50. The van der Waals surface area contributed by atoms with Crippen LogP contribution in [0.2, 0.25) is 5.15 Å². The zero-order chi connectivity index (χ0) is 11.8. The van der Waals surface area contributed by atoms with Crippen molar-refractivity contribution in [2.45, 2.75) is 32.2 Å². The molecule has 0 unspecified atom stereocenters. The molecule has 1 aromatic rings. The highest BCUT2D eigenvalue weighted by atomic mass is 35.5. The molecule has 0 spiro atoms. The van der Waals surface area contributed by atoms with Crippen LogP contribution in [-0.4, -0.2) is 27.8 Å². The van der Waals surface area contributed by atoms with E-state index >= 15 is 0 Å². The van der Waals surface area contributed by atoms with Gasteiger partial charge in [-0.3, -0.25) is 0 Å². The van der Waals surface area contributed by atoms with Crippen LogP contribution in [0, 0.1) is 0 Å². The summed E-state index contributed by atoms with van der Waals surface area (Å²) in [5, 5.41) is 12.6. The number of aliphatic hydroxyl groups excluding tert-OH is 1. The average Bonchev–Trinajstić information content (AvgIpc) is 2.59. The third-order valence-corrected chi connectivity index (χ3v) is 2.92. The number of imidazole rings is 1. The average molecular weight is 246 g/mol. The maximum Gasteiger partial charge on any atom is 0.128 e. The van der Waals surface area contributed by atoms with Crippen molar-refractivity contribution in [3.63, 3.8) is 0 Å². The van der Waals surface area contributed by atoms with E-state index in [1.165, 1.54) is 0 Å². The van der Waals surface area contributed by atoms with Crippen LogP contribution < -0.4 is 5.32 Å². The van der Waals surface area contributed by atoms with Gasteiger partial charge in [0.05, 0.1) is 12.7 Å². The van der Waals surface area contributed by atoms with Gasteiger partial charge in [-0.05, 0) is 19.4 Å². The highest BCUT2D eigenvalue weighted by molar-refractivity contribution is 6.29. The van der Waals surface area contributed by atoms with Crippen molar-refractivity contribution in [1.29, 1.82) is 0 Å². The lowest BCUT2D eigenvalue weighted by atomic mass is 10.2. The van der Waals surface area contributed by atoms with Crippen LogP contribution in [0.5, 0.6) is 0 Å². The van der Waals surface area contributed by atoms with Crippen molar-refractivity contribution >= 4 is 11.6 Å². The monoisotopic (exact) mass is 245 g/mol. The van der Waals surface area contributed by atoms with Crippen molar-refractivity contribution in [1.82, 2.24) is 14.9 Å². The molecule has 0 radical (unpaired) electrons. The van der Waals surface area contributed by atoms with Gasteiger partial charge in [-0.15, -0.1) is 0 Å². The summed E-state index contributed by atoms with van der Waals surface area (Å²) in [6.07, 6.45) is 5.98. The highest BCUT2D eigenvalue weighted by Crippen LogP contribution is 2.08. The molecule has 92 valence electrons. The van der Waals surface area contributed by atoms with Crippen LogP contribution in [0.25, 0.3) is 0 Å². The van der Waals surface area contributed by atoms with Crippen molar-refractivity contribution in [3.8, 4) is 0 Å². The fourth-order valence-corrected chi connectivity index (χ4v) is 1.65. The Balaban J connectivity index is 2.05. The maximum absolute atomic E-state index is 8.61. The molecule has 16 heavy (non-hydrogen) atoms. The number of aliphatic hydroxyl groups is 1. The van der Waals surface area contributed by atoms with Gasteiger partial charge in [0, 0.05) is 13.7 Å². The number of nitrogens with one attached hydrogen (secondary N) is 1. The summed E-state index contributed by atoms with van der Waals surface area (Å²) in [4.78, 5) is 4.20. The minimum Gasteiger partial charge on any atom is -0.396 e. The van der Waals surface area contributed by atoms with E-state index in [9.17, 15) is 0 Å². The first-order valence-corrected chi connectivity index (χ1v) is 6.11. The second kappa shape index (κ2) is 7.65. The topological polar surface area (TPSA) is 50.1 Å². The van der Waals surface area contributed by atoms with Gasteiger partial charge in [0.2, 0.25) is 0 Å². The Hall–Kier alpha value is -0.580. The number of nitrogens with zero attached hydrogens (tertiary/aromatic N) is 2. The first kappa shape index (κ1) is 13.5. The predicted molar refractivity (Wildman–Crippen MR) is 65.5 cm³/mol. The van der Waals surface area contributed by atoms with E-state index in [0.29, 0.717) is 11.8 Å². The molecule has 4 nitrogen and oxygen atoms in total. The zero-order valence-electron chi connectivity index (χ0n) is 9.75. The summed E-state index contributed by atoms with van der Waals surface area (Å²) in [6, 6.07) is 0. The summed E-state index contributed by atoms with van der Waals surface area (Å²) in [6.45, 7) is 2.04. The largest absolute Gasteiger partial charge is 0.396 e. The van der Waals surface area contributed by atoms with Crippen LogP contribution in [0.3, 0.4) is 0 Å². The van der Waals surface area contributed by atoms with Gasteiger partial charge in [-0.1, -0.05) is 24.4 Å². The Kier molecular flexibility index (Phi) is 6.45. The molecule has 0 fully saturated rings. The Morgan fingerprint density at radius 1 is 1.38 bits per heavy atom. The molecule has 0 atom stereocenters. The van der Waals surface area contributed by atoms with Crippen LogP contribution >= 0.6 is 11.6 Å². The van der Waals surface area contributed by atoms with E-state index in [1.807, 2.05) is 11.6 Å². The quantitative estimate of drug-likeness (QED) is 0.686. The number of unbranched alkanes of at least 4 members (excludes halogenated alkanes) is 3. The summed E-state index contributed by atoms with van der Waals surface area (Å²) in [5.41, 5.74) is 0. The molecule has 1 heterocycles. The molecule has 0 aliphatic heterocycles. The molecule has 5 heteroatoms. The first-order chi connectivity index (χ1) is 7.75. The molecule has 2 N–H and O–H groups in total. The number of hydrogen-bond acceptors (Lipinski definition) is 3. The SMILES string of the molecule is Cn1c(Cl)cnc1CNCCCCCCO. The van der Waals surface area contributed by atoms with E-state index in [2.05, 4.69) is 10.3 Å². The molecule has 0 aromatic carbocycles. The standard InChI is InChI=1S/C11H20ClN3O/c1-15-10(12)8-14-11(15)9-13-6-4-2-3-5-7-16/h8,13,16H,2-7,9H2,1H3. The summed E-state index contributed by atoms with van der Waals surface area (Å²) < 4.78 is 1.88. The second-order valence-electron chi connectivity index (χ2n) is 3.87. The smallest absolute Gasteiger partial charge is 0.128 e. The Bertz CT molecular complexity index is 301. The van der Waals surface area contributed by atoms with E-state index in [1.54, 1.807) is 6.20 Å². The van der Waals surface area contributed by atoms with Gasteiger partial charge in [-0.2, -0.15) is 0 Å². The molecule has 0 saturated carbocycles. The molecular formula is C11H20ClN3O. The normalized spacial score (nSPS) is 10.9. The Labute approximate surface area is 102 Å². The zero-order valence-corrected chi connectivity index (χ0v) is 10.5. The van der Waals surface area contributed by atoms with Gasteiger partial charge in [0.25, 0.3) is 0 Å². The lowest BCUT2D eigenvalue weighted by molar-refractivity contribution is 0.282. The Morgan fingerprint density at radius 3 is 2.75 bits per heavy atom. The molecule has 1 aromatic heterocycles. The molecule has 0 aliphatic rings. The summed E-state index contributed by atoms with van der Waals surface area (Å²) in [5.74, 6) is 0.959. The van der Waals surface area contributed by atoms with Gasteiger partial charge >= 0.3 is 0 Å². The molecule has 0 bridgehead atoms. The lowest BCUT2D eigenvalue weighted by Gasteiger charge is -2.05. The first-order valence-electron chi connectivity index (χ1n) is 5.73. The van der Waals surface area contributed by atoms with E-state index < -0.39 is 0 Å². The van der Waals surface area contributed by atoms with Gasteiger partial charge in [0.1, 0.15) is 11.0 Å². The third-order valence-electron chi connectivity index (χ3n) is 2.57. The van der Waals surface area contributed by atoms with Gasteiger partial charge in [-0.25, -0.2) is 4.98 Å². The fraction of sp³-hybridized carbons (Fsp3) is 0.727. The minimum atomic E-state index is 0.305. The molecule has 0 aliphatic carbocycles. The van der Waals surface area contributed by atoms with Crippen molar-refractivity contribution in [3.05, 3.63) is 17.2 Å². The molecular weight excluding hydrogens is 226 g/mol. The minimum absolute atomic E-state index is 0.305. The summed E-state index contributed by atoms with van der Waals surface area (Å²) in [7, 11) is 1.91. The number of hydrogen-bond donors (Lipinski definition) is 2. The van der Waals surface area contributed by atoms with Crippen LogP contribution in [0.1, 0.15) is 31.5 Å². The van der Waals surface area contributed by atoms with E-state index in [0.717, 1.165) is 44.6 Å². The highest BCUT2D eigenvalue weighted by Gasteiger charge is 2.02. The van der Waals surface area contributed by atoms with E-state index in [-0.39, 0.29) is 0 Å². The number of halogens is 1. The van der Waals surface area contributed by atoms with Crippen LogP contribution in [0.15, 0.2) is 6.20 Å². The van der Waals surface area contributed by atoms with Crippen molar-refractivity contribution in [2.24, 2.45) is 7.05 Å². The Morgan fingerprint density at radius 2 is 2.12 bits per heavy atom. The van der Waals surface area contributed by atoms with Gasteiger partial charge < -0.3 is 15.0 Å².